The maximum atomic E-state index is 11.9. The number of sulfonamides is 1. The summed E-state index contributed by atoms with van der Waals surface area (Å²) in [5, 5.41) is 0. The standard InChI is InChI=1S/C18H20N2O3S/c1-12-9-13(2)18(14(3)10-12)11-19-16-5-7-17(8-6-16)24(22,23)20-15(4)21/h5-11H,1-4H3,(H,20,21). The molecule has 0 spiro atoms. The highest BCUT2D eigenvalue weighted by Crippen LogP contribution is 2.19. The Kier molecular flexibility index (Phi) is 5.19. The van der Waals surface area contributed by atoms with E-state index in [0.717, 1.165) is 23.6 Å². The minimum Gasteiger partial charge on any atom is -0.274 e. The van der Waals surface area contributed by atoms with Gasteiger partial charge in [0.25, 0.3) is 10.0 Å². The number of hydrogen-bond acceptors (Lipinski definition) is 4. The van der Waals surface area contributed by atoms with Crippen LogP contribution in [0.5, 0.6) is 0 Å². The van der Waals surface area contributed by atoms with E-state index in [-0.39, 0.29) is 4.90 Å². The third kappa shape index (κ3) is 4.29. The zero-order valence-electron chi connectivity index (χ0n) is 14.1. The summed E-state index contributed by atoms with van der Waals surface area (Å²) in [4.78, 5) is 15.4. The van der Waals surface area contributed by atoms with Gasteiger partial charge in [0, 0.05) is 13.1 Å². The third-order valence-corrected chi connectivity index (χ3v) is 4.95. The second kappa shape index (κ2) is 6.97. The van der Waals surface area contributed by atoms with E-state index in [9.17, 15) is 13.2 Å². The van der Waals surface area contributed by atoms with Crippen LogP contribution in [0.25, 0.3) is 0 Å². The smallest absolute Gasteiger partial charge is 0.264 e. The van der Waals surface area contributed by atoms with Gasteiger partial charge in [-0.15, -0.1) is 0 Å². The summed E-state index contributed by atoms with van der Waals surface area (Å²) in [7, 11) is -3.81. The second-order valence-electron chi connectivity index (χ2n) is 5.73. The summed E-state index contributed by atoms with van der Waals surface area (Å²) in [6.45, 7) is 7.27. The summed E-state index contributed by atoms with van der Waals surface area (Å²) < 4.78 is 25.7. The molecule has 0 aliphatic carbocycles. The van der Waals surface area contributed by atoms with E-state index in [0.29, 0.717) is 5.69 Å². The summed E-state index contributed by atoms with van der Waals surface area (Å²) >= 11 is 0. The second-order valence-corrected chi connectivity index (χ2v) is 7.41. The molecule has 1 N–H and O–H groups in total. The fourth-order valence-electron chi connectivity index (χ4n) is 2.49. The van der Waals surface area contributed by atoms with Crippen molar-refractivity contribution in [3.63, 3.8) is 0 Å². The first-order valence-corrected chi connectivity index (χ1v) is 8.93. The number of aryl methyl sites for hydroxylation is 3. The maximum absolute atomic E-state index is 11.9. The third-order valence-electron chi connectivity index (χ3n) is 3.51. The molecule has 0 radical (unpaired) electrons. The molecule has 6 heteroatoms. The monoisotopic (exact) mass is 344 g/mol. The van der Waals surface area contributed by atoms with Crippen molar-refractivity contribution in [1.82, 2.24) is 4.72 Å². The van der Waals surface area contributed by atoms with Crippen molar-refractivity contribution >= 4 is 27.8 Å². The minimum absolute atomic E-state index is 0.0272. The number of aliphatic imine (C=N–C) groups is 1. The molecule has 0 aliphatic rings. The Morgan fingerprint density at radius 3 is 2.08 bits per heavy atom. The fraction of sp³-hybridized carbons (Fsp3) is 0.222. The van der Waals surface area contributed by atoms with Gasteiger partial charge in [-0.2, -0.15) is 0 Å². The van der Waals surface area contributed by atoms with Crippen molar-refractivity contribution in [2.75, 3.05) is 0 Å². The molecule has 0 fully saturated rings. The Morgan fingerprint density at radius 1 is 1.04 bits per heavy atom. The zero-order valence-corrected chi connectivity index (χ0v) is 14.9. The number of hydrogen-bond donors (Lipinski definition) is 1. The number of nitrogens with zero attached hydrogens (tertiary/aromatic N) is 1. The Morgan fingerprint density at radius 2 is 1.58 bits per heavy atom. The van der Waals surface area contributed by atoms with Crippen molar-refractivity contribution < 1.29 is 13.2 Å². The van der Waals surface area contributed by atoms with Crippen LogP contribution in [0.3, 0.4) is 0 Å². The number of benzene rings is 2. The van der Waals surface area contributed by atoms with E-state index in [2.05, 4.69) is 24.0 Å². The molecule has 2 rings (SSSR count). The Hall–Kier alpha value is -2.47. The number of carbonyl (C=O) groups excluding carboxylic acids is 1. The zero-order chi connectivity index (χ0) is 17.9. The normalized spacial score (nSPS) is 11.7. The lowest BCUT2D eigenvalue weighted by atomic mass is 10.0. The molecular weight excluding hydrogens is 324 g/mol. The van der Waals surface area contributed by atoms with Crippen molar-refractivity contribution in [2.45, 2.75) is 32.6 Å². The van der Waals surface area contributed by atoms with E-state index in [1.807, 2.05) is 18.6 Å². The highest BCUT2D eigenvalue weighted by atomic mass is 32.2. The summed E-state index contributed by atoms with van der Waals surface area (Å²) in [5.41, 5.74) is 5.17. The average molecular weight is 344 g/mol. The fourth-order valence-corrected chi connectivity index (χ4v) is 3.48. The first kappa shape index (κ1) is 17.9. The molecule has 0 heterocycles. The largest absolute Gasteiger partial charge is 0.274 e. The molecule has 0 atom stereocenters. The van der Waals surface area contributed by atoms with Gasteiger partial charge in [0.2, 0.25) is 5.91 Å². The van der Waals surface area contributed by atoms with Gasteiger partial charge in [0.1, 0.15) is 0 Å². The predicted octanol–water partition coefficient (Wildman–Crippen LogP) is 3.19. The van der Waals surface area contributed by atoms with Crippen LogP contribution in [0.4, 0.5) is 5.69 Å². The maximum Gasteiger partial charge on any atom is 0.264 e. The van der Waals surface area contributed by atoms with Crippen LogP contribution < -0.4 is 4.72 Å². The molecule has 0 aromatic heterocycles. The number of nitrogens with one attached hydrogen (secondary N) is 1. The molecule has 0 saturated carbocycles. The van der Waals surface area contributed by atoms with Gasteiger partial charge in [-0.05, 0) is 61.7 Å². The molecule has 1 amide bonds. The first-order chi connectivity index (χ1) is 11.2. The van der Waals surface area contributed by atoms with Crippen molar-refractivity contribution in [2.24, 2.45) is 4.99 Å². The molecule has 0 aliphatic heterocycles. The number of carbonyl (C=O) groups is 1. The molecule has 0 unspecified atom stereocenters. The van der Waals surface area contributed by atoms with Crippen molar-refractivity contribution in [3.05, 3.63) is 58.7 Å². The summed E-state index contributed by atoms with van der Waals surface area (Å²) in [6.07, 6.45) is 1.78. The quantitative estimate of drug-likeness (QED) is 0.866. The van der Waals surface area contributed by atoms with E-state index < -0.39 is 15.9 Å². The van der Waals surface area contributed by atoms with Gasteiger partial charge in [0.15, 0.2) is 0 Å². The molecule has 5 nitrogen and oxygen atoms in total. The molecule has 2 aromatic rings. The molecular formula is C18H20N2O3S. The first-order valence-electron chi connectivity index (χ1n) is 7.44. The van der Waals surface area contributed by atoms with E-state index >= 15 is 0 Å². The van der Waals surface area contributed by atoms with Crippen LogP contribution >= 0.6 is 0 Å². The average Bonchev–Trinajstić information content (AvgIpc) is 2.45. The predicted molar refractivity (Wildman–Crippen MR) is 95.4 cm³/mol. The van der Waals surface area contributed by atoms with Gasteiger partial charge in [-0.3, -0.25) is 9.79 Å². The van der Waals surface area contributed by atoms with Crippen LogP contribution in [0.2, 0.25) is 0 Å². The molecule has 0 bridgehead atoms. The highest BCUT2D eigenvalue weighted by Gasteiger charge is 2.14. The Balaban J connectivity index is 2.25. The summed E-state index contributed by atoms with van der Waals surface area (Å²) in [6, 6.07) is 10.2. The highest BCUT2D eigenvalue weighted by molar-refractivity contribution is 7.90. The van der Waals surface area contributed by atoms with Gasteiger partial charge >= 0.3 is 0 Å². The van der Waals surface area contributed by atoms with Crippen LogP contribution in [0, 0.1) is 20.8 Å². The van der Waals surface area contributed by atoms with Gasteiger partial charge in [0.05, 0.1) is 10.6 Å². The van der Waals surface area contributed by atoms with Crippen molar-refractivity contribution in [3.8, 4) is 0 Å². The molecule has 0 saturated heterocycles. The summed E-state index contributed by atoms with van der Waals surface area (Å²) in [5.74, 6) is -0.623. The van der Waals surface area contributed by atoms with E-state index in [1.165, 1.54) is 17.7 Å². The Labute approximate surface area is 142 Å². The van der Waals surface area contributed by atoms with Gasteiger partial charge in [-0.25, -0.2) is 13.1 Å². The number of amides is 1. The van der Waals surface area contributed by atoms with Crippen LogP contribution in [-0.4, -0.2) is 20.5 Å². The van der Waals surface area contributed by atoms with Crippen LogP contribution in [0.15, 0.2) is 46.3 Å². The lowest BCUT2D eigenvalue weighted by Gasteiger charge is -2.07. The van der Waals surface area contributed by atoms with Gasteiger partial charge in [-0.1, -0.05) is 17.7 Å². The molecule has 126 valence electrons. The topological polar surface area (TPSA) is 75.6 Å². The van der Waals surface area contributed by atoms with Crippen LogP contribution in [-0.2, 0) is 14.8 Å². The van der Waals surface area contributed by atoms with Gasteiger partial charge < -0.3 is 0 Å². The van der Waals surface area contributed by atoms with Crippen LogP contribution in [0.1, 0.15) is 29.2 Å². The lowest BCUT2D eigenvalue weighted by Crippen LogP contribution is -2.28. The molecule has 24 heavy (non-hydrogen) atoms. The number of rotatable bonds is 4. The minimum atomic E-state index is -3.81. The Bertz CT molecular complexity index is 875. The van der Waals surface area contributed by atoms with E-state index in [1.54, 1.807) is 18.3 Å². The van der Waals surface area contributed by atoms with E-state index in [4.69, 9.17) is 0 Å². The van der Waals surface area contributed by atoms with Crippen molar-refractivity contribution in [1.29, 1.82) is 0 Å². The lowest BCUT2D eigenvalue weighted by molar-refractivity contribution is -0.117. The SMILES string of the molecule is CC(=O)NS(=O)(=O)c1ccc(N=Cc2c(C)cc(C)cc2C)cc1. The molecule has 2 aromatic carbocycles.